The van der Waals surface area contributed by atoms with Gasteiger partial charge in [-0.25, -0.2) is 0 Å². The van der Waals surface area contributed by atoms with Crippen LogP contribution < -0.4 is 48.3 Å². The van der Waals surface area contributed by atoms with Crippen molar-refractivity contribution in [3.8, 4) is 0 Å². The number of nitrogens with one attached hydrogen (secondary N) is 2. The molecule has 3 aliphatic rings. The number of rotatable bonds is 8. The largest absolute Gasteiger partial charge is 0.480 e. The molecule has 9 rings (SSSR count). The molecule has 0 bridgehead atoms. The second-order valence-corrected chi connectivity index (χ2v) is 22.4. The Labute approximate surface area is 506 Å². The van der Waals surface area contributed by atoms with Crippen LogP contribution >= 0.6 is 0 Å². The number of alkyl halides is 18. The van der Waals surface area contributed by atoms with Gasteiger partial charge < -0.3 is 53.4 Å². The standard InChI is InChI=1S/2C19H20F6N4O.C16H18F3N3.C3H4F3NO2/c2*1-10-7-11(28-17(30)16(26)19(23,24)25)9-29(8-10)14-5-4-13(18(20,21)22)15-12(14)3-2-6-27-15;1-10-7-11(20)9-22(8-10)14-5-4-13(16(17,18)19)15-12(14)3-2-6-21-15;4-3(5,6)1(7)2(8)9/h2*2-6,10-11,16H,7-9,26H2,1H3,(H,28,30);2-6,10-11H,7-9,20H2,1H3;1H,7H2,(H,8,9)/t2*10-,11+,16?;10-,11+;/m000./s1. The predicted octanol–water partition coefficient (Wildman–Crippen LogP) is 10.3. The summed E-state index contributed by atoms with van der Waals surface area (Å²) in [6.45, 7) is 8.45. The van der Waals surface area contributed by atoms with Gasteiger partial charge in [0.25, 0.3) is 0 Å². The smallest absolute Gasteiger partial charge is 0.418 e. The molecular formula is C57H62F18N12O4. The quantitative estimate of drug-likeness (QED) is 0.0701. The number of hydrogen-bond acceptors (Lipinski definition) is 13. The SMILES string of the molecule is C[C@H]1C[C@@H](N)CN(c2ccc(C(F)(F)F)c3ncccc23)C1.C[C@H]1C[C@@H](NC(=O)C(N)C(F)(F)F)CN(c2ccc(C(F)(F)F)c3ncccc23)C1.C[C@H]1C[C@@H](NC(=O)C(N)C(F)(F)F)CN(c2ccc(C(F)(F)F)c3ncccc23)C1.NC(C(=O)O)C(F)(F)F. The molecule has 0 saturated carbocycles. The summed E-state index contributed by atoms with van der Waals surface area (Å²) < 4.78 is 229. The van der Waals surface area contributed by atoms with E-state index in [1.54, 1.807) is 21.9 Å². The van der Waals surface area contributed by atoms with E-state index in [1.165, 1.54) is 61.1 Å². The molecule has 3 aromatic heterocycles. The van der Waals surface area contributed by atoms with Crippen molar-refractivity contribution >= 4 is 67.6 Å². The highest BCUT2D eigenvalue weighted by molar-refractivity contribution is 5.96. The van der Waals surface area contributed by atoms with E-state index >= 15 is 0 Å². The number of nitrogens with two attached hydrogens (primary N) is 4. The zero-order valence-electron chi connectivity index (χ0n) is 48.2. The van der Waals surface area contributed by atoms with Crippen LogP contribution in [0.1, 0.15) is 56.7 Å². The van der Waals surface area contributed by atoms with E-state index in [-0.39, 0.29) is 58.3 Å². The fourth-order valence-corrected chi connectivity index (χ4v) is 10.9. The van der Waals surface area contributed by atoms with Crippen molar-refractivity contribution in [2.45, 2.75) is 113 Å². The van der Waals surface area contributed by atoms with E-state index in [0.717, 1.165) is 36.9 Å². The van der Waals surface area contributed by atoms with Crippen molar-refractivity contribution in [3.63, 3.8) is 0 Å². The lowest BCUT2D eigenvalue weighted by molar-refractivity contribution is -0.175. The number of aromatic nitrogens is 3. The first kappa shape index (κ1) is 72.3. The number of hydrogen-bond donors (Lipinski definition) is 7. The molecule has 0 radical (unpaired) electrons. The summed E-state index contributed by atoms with van der Waals surface area (Å²) in [5, 5.41) is 13.4. The number of carbonyl (C=O) groups excluding carboxylic acids is 2. The van der Waals surface area contributed by atoms with Gasteiger partial charge in [0.1, 0.15) is 0 Å². The normalized spacial score (nSPS) is 21.3. The van der Waals surface area contributed by atoms with Gasteiger partial charge in [-0.1, -0.05) is 20.8 Å². The minimum Gasteiger partial charge on any atom is -0.480 e. The summed E-state index contributed by atoms with van der Waals surface area (Å²) in [4.78, 5) is 50.5. The Bertz CT molecular complexity index is 3330. The van der Waals surface area contributed by atoms with Crippen LogP contribution in [0.3, 0.4) is 0 Å². The molecule has 3 unspecified atom stereocenters. The number of fused-ring (bicyclic) bond motifs is 3. The molecule has 34 heteroatoms. The molecule has 3 saturated heterocycles. The van der Waals surface area contributed by atoms with Gasteiger partial charge in [0, 0.05) is 109 Å². The second kappa shape index (κ2) is 28.4. The maximum absolute atomic E-state index is 13.3. The monoisotopic (exact) mass is 1320 g/mol. The van der Waals surface area contributed by atoms with Crippen LogP contribution in [0.4, 0.5) is 96.1 Å². The van der Waals surface area contributed by atoms with Gasteiger partial charge in [-0.3, -0.25) is 29.3 Å². The van der Waals surface area contributed by atoms with Gasteiger partial charge in [0.15, 0.2) is 18.1 Å². The Morgan fingerprint density at radius 3 is 0.989 bits per heavy atom. The van der Waals surface area contributed by atoms with Gasteiger partial charge in [0.2, 0.25) is 11.8 Å². The molecule has 16 nitrogen and oxygen atoms in total. The average molecular weight is 1320 g/mol. The Morgan fingerprint density at radius 2 is 0.736 bits per heavy atom. The van der Waals surface area contributed by atoms with Crippen molar-refractivity contribution in [3.05, 3.63) is 108 Å². The van der Waals surface area contributed by atoms with Crippen molar-refractivity contribution < 1.29 is 98.5 Å². The molecule has 3 aliphatic heterocycles. The number of halogens is 18. The highest BCUT2D eigenvalue weighted by atomic mass is 19.4. The van der Waals surface area contributed by atoms with Crippen molar-refractivity contribution in [2.75, 3.05) is 54.0 Å². The second-order valence-electron chi connectivity index (χ2n) is 22.4. The maximum atomic E-state index is 13.3. The predicted molar refractivity (Wildman–Crippen MR) is 300 cm³/mol. The zero-order chi connectivity index (χ0) is 68.1. The summed E-state index contributed by atoms with van der Waals surface area (Å²) in [6.07, 6.45) is -22.4. The molecule has 3 aromatic carbocycles. The lowest BCUT2D eigenvalue weighted by Crippen LogP contribution is -2.57. The van der Waals surface area contributed by atoms with E-state index in [1.807, 2.05) is 13.8 Å². The van der Waals surface area contributed by atoms with Gasteiger partial charge in [0.05, 0.1) is 33.2 Å². The number of pyridine rings is 3. The maximum Gasteiger partial charge on any atom is 0.418 e. The minimum absolute atomic E-state index is 0.000650. The fraction of sp³-hybridized carbons (Fsp3) is 0.474. The van der Waals surface area contributed by atoms with Crippen LogP contribution in [-0.4, -0.2) is 132 Å². The minimum atomic E-state index is -4.86. The molecule has 500 valence electrons. The Kier molecular flexibility index (Phi) is 22.6. The number of anilines is 3. The number of nitrogens with zero attached hydrogens (tertiary/aromatic N) is 6. The molecule has 9 atom stereocenters. The van der Waals surface area contributed by atoms with Crippen LogP contribution in [0, 0.1) is 17.8 Å². The first-order valence-electron chi connectivity index (χ1n) is 27.6. The molecule has 0 spiro atoms. The topological polar surface area (TPSA) is 248 Å². The van der Waals surface area contributed by atoms with Crippen LogP contribution in [0.15, 0.2) is 91.4 Å². The summed E-state index contributed by atoms with van der Waals surface area (Å²) in [7, 11) is 0. The molecule has 11 N–H and O–H groups in total. The summed E-state index contributed by atoms with van der Waals surface area (Å²) in [5.41, 5.74) is 19.0. The van der Waals surface area contributed by atoms with Crippen LogP contribution in [0.5, 0.6) is 0 Å². The first-order chi connectivity index (χ1) is 42.0. The Morgan fingerprint density at radius 1 is 0.451 bits per heavy atom. The fourth-order valence-electron chi connectivity index (χ4n) is 10.9. The van der Waals surface area contributed by atoms with Crippen LogP contribution in [0.2, 0.25) is 0 Å². The third kappa shape index (κ3) is 18.7. The molecular weight excluding hydrogens is 1260 g/mol. The molecule has 6 aromatic rings. The van der Waals surface area contributed by atoms with Crippen molar-refractivity contribution in [1.29, 1.82) is 0 Å². The first-order valence-corrected chi connectivity index (χ1v) is 27.6. The Hall–Kier alpha value is -7.72. The van der Waals surface area contributed by atoms with Gasteiger partial charge in [-0.05, 0) is 110 Å². The number of carboxylic acid groups (broad SMARTS) is 1. The van der Waals surface area contributed by atoms with Gasteiger partial charge in [-0.2, -0.15) is 79.0 Å². The number of benzene rings is 3. The van der Waals surface area contributed by atoms with Crippen LogP contribution in [0.25, 0.3) is 32.7 Å². The number of amides is 2. The number of carbonyl (C=O) groups is 3. The van der Waals surface area contributed by atoms with E-state index in [2.05, 4.69) is 43.1 Å². The van der Waals surface area contributed by atoms with Gasteiger partial charge >= 0.3 is 43.0 Å². The molecule has 0 aliphatic carbocycles. The zero-order valence-corrected chi connectivity index (χ0v) is 48.2. The molecule has 3 fully saturated rings. The number of piperidine rings is 3. The Balaban J connectivity index is 0.000000205. The molecule has 91 heavy (non-hydrogen) atoms. The van der Waals surface area contributed by atoms with Crippen molar-refractivity contribution in [1.82, 2.24) is 25.6 Å². The molecule has 2 amide bonds. The van der Waals surface area contributed by atoms with E-state index in [4.69, 9.17) is 22.3 Å². The van der Waals surface area contributed by atoms with Crippen molar-refractivity contribution in [2.24, 2.45) is 40.7 Å². The summed E-state index contributed by atoms with van der Waals surface area (Å²) in [6, 6.07) is 7.33. The van der Waals surface area contributed by atoms with Gasteiger partial charge in [-0.15, -0.1) is 0 Å². The van der Waals surface area contributed by atoms with E-state index in [9.17, 15) is 93.4 Å². The third-order valence-electron chi connectivity index (χ3n) is 14.8. The van der Waals surface area contributed by atoms with E-state index in [0.29, 0.717) is 55.2 Å². The summed E-state index contributed by atoms with van der Waals surface area (Å²) >= 11 is 0. The number of carboxylic acids is 1. The highest BCUT2D eigenvalue weighted by Crippen LogP contribution is 2.42. The average Bonchev–Trinajstić information content (AvgIpc) is 0.800. The highest BCUT2D eigenvalue weighted by Gasteiger charge is 2.46. The molecule has 6 heterocycles. The summed E-state index contributed by atoms with van der Waals surface area (Å²) in [5.74, 6) is -4.37. The lowest BCUT2D eigenvalue weighted by Gasteiger charge is -2.39. The van der Waals surface area contributed by atoms with E-state index < -0.39 is 102 Å². The lowest BCUT2D eigenvalue weighted by atomic mass is 9.94. The third-order valence-corrected chi connectivity index (χ3v) is 14.8. The number of aliphatic carboxylic acids is 1. The van der Waals surface area contributed by atoms with Crippen LogP contribution in [-0.2, 0) is 32.9 Å².